The Hall–Kier alpha value is -2.96. The Morgan fingerprint density at radius 3 is 2.59 bits per heavy atom. The van der Waals surface area contributed by atoms with E-state index >= 15 is 0 Å². The van der Waals surface area contributed by atoms with Gasteiger partial charge in [-0.25, -0.2) is 9.99 Å². The van der Waals surface area contributed by atoms with Crippen molar-refractivity contribution in [3.63, 3.8) is 0 Å². The Balaban J connectivity index is 1.24. The smallest absolute Gasteiger partial charge is 0.318 e. The molecule has 3 aliphatic rings. The van der Waals surface area contributed by atoms with Crippen LogP contribution in [0.4, 0.5) is 5.82 Å². The summed E-state index contributed by atoms with van der Waals surface area (Å²) in [5.41, 5.74) is 1.15. The molecule has 5 rings (SSSR count). The molecule has 0 spiro atoms. The van der Waals surface area contributed by atoms with E-state index in [0.717, 1.165) is 43.7 Å². The summed E-state index contributed by atoms with van der Waals surface area (Å²) in [5.74, 6) is 2.19. The molecule has 0 bridgehead atoms. The minimum absolute atomic E-state index is 0.0362. The number of hydrogen-bond donors (Lipinski definition) is 0. The normalized spacial score (nSPS) is 28.0. The lowest BCUT2D eigenvalue weighted by Gasteiger charge is -2.26. The summed E-state index contributed by atoms with van der Waals surface area (Å²) in [6.45, 7) is 1.86. The first kappa shape index (κ1) is 18.1. The molecule has 7 heteroatoms. The van der Waals surface area contributed by atoms with Crippen molar-refractivity contribution in [2.24, 2.45) is 22.9 Å². The minimum Gasteiger partial charge on any atom is -0.467 e. The lowest BCUT2D eigenvalue weighted by molar-refractivity contribution is -0.137. The molecule has 0 N–H and O–H groups in total. The summed E-state index contributed by atoms with van der Waals surface area (Å²) in [7, 11) is 1.58. The van der Waals surface area contributed by atoms with Crippen molar-refractivity contribution in [1.29, 1.82) is 0 Å². The lowest BCUT2D eigenvalue weighted by Crippen LogP contribution is -2.33. The third-order valence-electron chi connectivity index (χ3n) is 6.47. The number of carbonyl (C=O) groups excluding carboxylic acids is 1. The molecule has 1 saturated heterocycles. The minimum atomic E-state index is 0.0362. The number of ether oxygens (including phenoxy) is 1. The fourth-order valence-corrected chi connectivity index (χ4v) is 5.06. The monoisotopic (exact) mass is 391 g/mol. The van der Waals surface area contributed by atoms with E-state index in [1.807, 2.05) is 30.5 Å². The molecule has 1 aliphatic carbocycles. The number of anilines is 1. The van der Waals surface area contributed by atoms with Crippen molar-refractivity contribution < 1.29 is 9.53 Å². The van der Waals surface area contributed by atoms with Crippen LogP contribution in [-0.2, 0) is 4.79 Å². The second-order valence-corrected chi connectivity index (χ2v) is 8.14. The molecule has 0 radical (unpaired) electrons. The van der Waals surface area contributed by atoms with E-state index in [2.05, 4.69) is 32.1 Å². The van der Waals surface area contributed by atoms with E-state index in [4.69, 9.17) is 4.74 Å². The molecule has 3 heterocycles. The first-order valence-electron chi connectivity index (χ1n) is 10.3. The van der Waals surface area contributed by atoms with Crippen LogP contribution in [-0.4, -0.2) is 47.3 Å². The molecule has 2 aliphatic heterocycles. The van der Waals surface area contributed by atoms with Gasteiger partial charge < -0.3 is 9.64 Å². The second kappa shape index (κ2) is 7.46. The maximum absolute atomic E-state index is 13.3. The zero-order chi connectivity index (χ0) is 19.8. The van der Waals surface area contributed by atoms with E-state index in [0.29, 0.717) is 17.8 Å². The Morgan fingerprint density at radius 1 is 1.10 bits per heavy atom. The fraction of sp³-hybridized carbons (Fsp3) is 0.455. The number of aromatic nitrogens is 2. The van der Waals surface area contributed by atoms with E-state index < -0.39 is 0 Å². The molecule has 2 unspecified atom stereocenters. The van der Waals surface area contributed by atoms with Crippen LogP contribution in [0.5, 0.6) is 6.01 Å². The summed E-state index contributed by atoms with van der Waals surface area (Å²) in [6.07, 6.45) is 6.25. The number of benzene rings is 1. The molecule has 1 amide bonds. The molecular weight excluding hydrogens is 366 g/mol. The topological polar surface area (TPSA) is 70.9 Å². The van der Waals surface area contributed by atoms with Crippen LogP contribution in [0.3, 0.4) is 0 Å². The van der Waals surface area contributed by atoms with Gasteiger partial charge in [-0.15, -0.1) is 0 Å². The number of rotatable bonds is 4. The number of hydrazone groups is 1. The van der Waals surface area contributed by atoms with Crippen LogP contribution in [0.2, 0.25) is 0 Å². The molecule has 7 nitrogen and oxygen atoms in total. The number of amides is 1. The summed E-state index contributed by atoms with van der Waals surface area (Å²) in [6, 6.07) is 12.6. The highest BCUT2D eigenvalue weighted by Gasteiger charge is 2.46. The van der Waals surface area contributed by atoms with E-state index in [9.17, 15) is 4.79 Å². The molecule has 2 fully saturated rings. The maximum Gasteiger partial charge on any atom is 0.318 e. The van der Waals surface area contributed by atoms with Gasteiger partial charge in [0, 0.05) is 37.8 Å². The number of carbonyl (C=O) groups is 1. The van der Waals surface area contributed by atoms with Gasteiger partial charge in [0.2, 0.25) is 5.91 Å². The third kappa shape index (κ3) is 3.34. The maximum atomic E-state index is 13.3. The van der Waals surface area contributed by atoms with Crippen molar-refractivity contribution in [3.8, 4) is 6.01 Å². The third-order valence-corrected chi connectivity index (χ3v) is 6.47. The largest absolute Gasteiger partial charge is 0.467 e. The summed E-state index contributed by atoms with van der Waals surface area (Å²) >= 11 is 0. The van der Waals surface area contributed by atoms with Gasteiger partial charge >= 0.3 is 6.01 Å². The van der Waals surface area contributed by atoms with Crippen LogP contribution in [0.25, 0.3) is 0 Å². The van der Waals surface area contributed by atoms with Gasteiger partial charge in [-0.1, -0.05) is 30.3 Å². The molecule has 1 aromatic carbocycles. The molecule has 2 aromatic rings. The van der Waals surface area contributed by atoms with Gasteiger partial charge in [0.1, 0.15) is 5.82 Å². The number of hydrogen-bond acceptors (Lipinski definition) is 6. The van der Waals surface area contributed by atoms with Crippen molar-refractivity contribution in [1.82, 2.24) is 15.0 Å². The predicted octanol–water partition coefficient (Wildman–Crippen LogP) is 2.91. The Bertz CT molecular complexity index is 904. The zero-order valence-corrected chi connectivity index (χ0v) is 16.5. The van der Waals surface area contributed by atoms with E-state index in [1.54, 1.807) is 18.3 Å². The molecular formula is C22H25N5O2. The van der Waals surface area contributed by atoms with Crippen molar-refractivity contribution in [3.05, 3.63) is 48.2 Å². The van der Waals surface area contributed by atoms with E-state index in [1.165, 1.54) is 0 Å². The fourth-order valence-electron chi connectivity index (χ4n) is 5.06. The Kier molecular flexibility index (Phi) is 4.66. The van der Waals surface area contributed by atoms with Gasteiger partial charge in [-0.05, 0) is 36.3 Å². The van der Waals surface area contributed by atoms with Crippen LogP contribution >= 0.6 is 0 Å². The summed E-state index contributed by atoms with van der Waals surface area (Å²) in [5, 5.41) is 6.16. The van der Waals surface area contributed by atoms with Gasteiger partial charge in [-0.2, -0.15) is 10.1 Å². The number of methoxy groups -OCH3 is 1. The molecule has 150 valence electrons. The average Bonchev–Trinajstić information content (AvgIpc) is 3.48. The van der Waals surface area contributed by atoms with Crippen LogP contribution in [0.15, 0.2) is 47.7 Å². The SMILES string of the molecule is COc1nccc(N2C[C@H]3CC(C(=O)N4N=CCC4c4ccccc4)C[C@H]3C2)n1. The van der Waals surface area contributed by atoms with Crippen molar-refractivity contribution >= 4 is 17.9 Å². The molecule has 4 atom stereocenters. The van der Waals surface area contributed by atoms with Gasteiger partial charge in [0.25, 0.3) is 0 Å². The van der Waals surface area contributed by atoms with Crippen LogP contribution in [0, 0.1) is 17.8 Å². The predicted molar refractivity (Wildman–Crippen MR) is 110 cm³/mol. The van der Waals surface area contributed by atoms with E-state index in [-0.39, 0.29) is 17.9 Å². The lowest BCUT2D eigenvalue weighted by atomic mass is 10.0. The first-order chi connectivity index (χ1) is 14.2. The van der Waals surface area contributed by atoms with Gasteiger partial charge in [0.05, 0.1) is 13.2 Å². The summed E-state index contributed by atoms with van der Waals surface area (Å²) < 4.78 is 5.15. The number of nitrogens with zero attached hydrogens (tertiary/aromatic N) is 5. The Labute approximate surface area is 170 Å². The van der Waals surface area contributed by atoms with Gasteiger partial charge in [-0.3, -0.25) is 4.79 Å². The highest BCUT2D eigenvalue weighted by molar-refractivity contribution is 5.82. The standard InChI is InChI=1S/C22H25N5O2/c1-29-22-23-9-8-20(25-22)26-13-17-11-16(12-18(17)14-26)21(28)27-19(7-10-24-27)15-5-3-2-4-6-15/h2-6,8-10,16-19H,7,11-14H2,1H3/t16?,17-,18+,19?. The Morgan fingerprint density at radius 2 is 1.86 bits per heavy atom. The quantitative estimate of drug-likeness (QED) is 0.801. The highest BCUT2D eigenvalue weighted by atomic mass is 16.5. The van der Waals surface area contributed by atoms with Crippen LogP contribution in [0.1, 0.15) is 30.9 Å². The average molecular weight is 391 g/mol. The first-order valence-corrected chi connectivity index (χ1v) is 10.3. The highest BCUT2D eigenvalue weighted by Crippen LogP contribution is 2.44. The molecule has 1 aromatic heterocycles. The summed E-state index contributed by atoms with van der Waals surface area (Å²) in [4.78, 5) is 24.1. The molecule has 1 saturated carbocycles. The van der Waals surface area contributed by atoms with Crippen molar-refractivity contribution in [2.75, 3.05) is 25.1 Å². The molecule has 29 heavy (non-hydrogen) atoms. The second-order valence-electron chi connectivity index (χ2n) is 8.14. The number of fused-ring (bicyclic) bond motifs is 1. The zero-order valence-electron chi connectivity index (χ0n) is 16.5. The van der Waals surface area contributed by atoms with Crippen LogP contribution < -0.4 is 9.64 Å². The van der Waals surface area contributed by atoms with Crippen molar-refractivity contribution in [2.45, 2.75) is 25.3 Å². The van der Waals surface area contributed by atoms with Gasteiger partial charge in [0.15, 0.2) is 0 Å².